The SMILES string of the molecule is CC(=O)C(CC1=C2CC[C@@H](OC(C)(C)C)[C@]2(C)CCC1=O)S(C)(=O)=O. The lowest BCUT2D eigenvalue weighted by molar-refractivity contribution is -0.120. The quantitative estimate of drug-likeness (QED) is 0.743. The molecule has 1 fully saturated rings. The summed E-state index contributed by atoms with van der Waals surface area (Å²) >= 11 is 0. The Morgan fingerprint density at radius 2 is 1.92 bits per heavy atom. The Morgan fingerprint density at radius 3 is 2.40 bits per heavy atom. The minimum atomic E-state index is -3.54. The second-order valence-corrected chi connectivity index (χ2v) is 10.9. The molecule has 142 valence electrons. The highest BCUT2D eigenvalue weighted by atomic mass is 32.2. The van der Waals surface area contributed by atoms with E-state index in [1.165, 1.54) is 6.92 Å². The maximum atomic E-state index is 12.6. The van der Waals surface area contributed by atoms with Crippen molar-refractivity contribution in [2.45, 2.75) is 83.7 Å². The fourth-order valence-electron chi connectivity index (χ4n) is 4.21. The number of carbonyl (C=O) groups is 2. The highest BCUT2D eigenvalue weighted by Crippen LogP contribution is 2.53. The van der Waals surface area contributed by atoms with Crippen LogP contribution < -0.4 is 0 Å². The van der Waals surface area contributed by atoms with Crippen LogP contribution in [0.5, 0.6) is 0 Å². The Labute approximate surface area is 151 Å². The molecule has 25 heavy (non-hydrogen) atoms. The molecule has 0 amide bonds. The van der Waals surface area contributed by atoms with Gasteiger partial charge in [0.1, 0.15) is 11.0 Å². The van der Waals surface area contributed by atoms with Gasteiger partial charge in [-0.05, 0) is 59.0 Å². The second-order valence-electron chi connectivity index (χ2n) is 8.69. The summed E-state index contributed by atoms with van der Waals surface area (Å²) < 4.78 is 30.2. The number of carbonyl (C=O) groups excluding carboxylic acids is 2. The number of allylic oxidation sites excluding steroid dienone is 1. The summed E-state index contributed by atoms with van der Waals surface area (Å²) in [6.45, 7) is 9.44. The van der Waals surface area contributed by atoms with Crippen molar-refractivity contribution in [3.63, 3.8) is 0 Å². The number of hydrogen-bond acceptors (Lipinski definition) is 5. The van der Waals surface area contributed by atoms with E-state index < -0.39 is 20.9 Å². The van der Waals surface area contributed by atoms with E-state index in [2.05, 4.69) is 6.92 Å². The van der Waals surface area contributed by atoms with Crippen LogP contribution in [0.25, 0.3) is 0 Å². The number of sulfone groups is 1. The van der Waals surface area contributed by atoms with Crippen LogP contribution in [0.2, 0.25) is 0 Å². The van der Waals surface area contributed by atoms with Crippen LogP contribution in [0.3, 0.4) is 0 Å². The van der Waals surface area contributed by atoms with E-state index >= 15 is 0 Å². The van der Waals surface area contributed by atoms with Gasteiger partial charge in [0.15, 0.2) is 15.6 Å². The van der Waals surface area contributed by atoms with E-state index in [0.29, 0.717) is 12.0 Å². The summed E-state index contributed by atoms with van der Waals surface area (Å²) in [4.78, 5) is 24.4. The van der Waals surface area contributed by atoms with Gasteiger partial charge >= 0.3 is 0 Å². The summed E-state index contributed by atoms with van der Waals surface area (Å²) in [5.74, 6) is -0.421. The molecule has 0 aliphatic heterocycles. The molecule has 0 N–H and O–H groups in total. The van der Waals surface area contributed by atoms with E-state index in [1.807, 2.05) is 20.8 Å². The normalized spacial score (nSPS) is 28.9. The zero-order valence-corrected chi connectivity index (χ0v) is 17.0. The molecule has 0 aromatic rings. The maximum absolute atomic E-state index is 12.6. The summed E-state index contributed by atoms with van der Waals surface area (Å²) in [5.41, 5.74) is 1.03. The molecular formula is C19H30O5S. The fourth-order valence-corrected chi connectivity index (χ4v) is 5.28. The average molecular weight is 371 g/mol. The molecule has 0 aromatic heterocycles. The average Bonchev–Trinajstić information content (AvgIpc) is 2.72. The lowest BCUT2D eigenvalue weighted by Gasteiger charge is -2.40. The molecule has 0 radical (unpaired) electrons. The maximum Gasteiger partial charge on any atom is 0.158 e. The van der Waals surface area contributed by atoms with Crippen LogP contribution in [0, 0.1) is 5.41 Å². The Hall–Kier alpha value is -1.01. The standard InChI is InChI=1S/C19H30O5S/c1-12(20)16(25(6,22)23)11-13-14-7-8-17(24-18(2,3)4)19(14,5)10-9-15(13)21/h16-17H,7-11H2,1-6H3/t16?,17-,19-/m1/s1. The number of fused-ring (bicyclic) bond motifs is 1. The van der Waals surface area contributed by atoms with Gasteiger partial charge in [-0.3, -0.25) is 9.59 Å². The largest absolute Gasteiger partial charge is 0.372 e. The molecule has 0 heterocycles. The fraction of sp³-hybridized carbons (Fsp3) is 0.789. The molecule has 6 heteroatoms. The molecule has 2 aliphatic carbocycles. The van der Waals surface area contributed by atoms with Gasteiger partial charge in [0.2, 0.25) is 0 Å². The first-order valence-corrected chi connectivity index (χ1v) is 10.8. The highest BCUT2D eigenvalue weighted by molar-refractivity contribution is 7.92. The molecule has 1 saturated carbocycles. The van der Waals surface area contributed by atoms with Crippen molar-refractivity contribution in [3.8, 4) is 0 Å². The first kappa shape index (κ1) is 20.3. The molecule has 2 aliphatic rings. The van der Waals surface area contributed by atoms with Crippen LogP contribution in [-0.2, 0) is 24.2 Å². The van der Waals surface area contributed by atoms with Crippen molar-refractivity contribution < 1.29 is 22.7 Å². The Balaban J connectivity index is 2.43. The van der Waals surface area contributed by atoms with Crippen LogP contribution in [-0.4, -0.2) is 43.2 Å². The molecule has 1 unspecified atom stereocenters. The van der Waals surface area contributed by atoms with Crippen molar-refractivity contribution in [1.82, 2.24) is 0 Å². The van der Waals surface area contributed by atoms with Crippen LogP contribution in [0.4, 0.5) is 0 Å². The molecule has 0 bridgehead atoms. The number of ether oxygens (including phenoxy) is 1. The lowest BCUT2D eigenvalue weighted by Crippen LogP contribution is -2.40. The van der Waals surface area contributed by atoms with Gasteiger partial charge in [0.25, 0.3) is 0 Å². The van der Waals surface area contributed by atoms with Crippen molar-refractivity contribution >= 4 is 21.4 Å². The van der Waals surface area contributed by atoms with Crippen LogP contribution in [0.15, 0.2) is 11.1 Å². The molecule has 2 rings (SSSR count). The van der Waals surface area contributed by atoms with E-state index in [0.717, 1.165) is 31.1 Å². The molecule has 3 atom stereocenters. The van der Waals surface area contributed by atoms with E-state index in [-0.39, 0.29) is 29.3 Å². The van der Waals surface area contributed by atoms with Crippen molar-refractivity contribution in [2.24, 2.45) is 5.41 Å². The first-order valence-electron chi connectivity index (χ1n) is 8.88. The third-order valence-electron chi connectivity index (χ3n) is 5.48. The molecule has 5 nitrogen and oxygen atoms in total. The van der Waals surface area contributed by atoms with Gasteiger partial charge in [-0.25, -0.2) is 8.42 Å². The van der Waals surface area contributed by atoms with Crippen molar-refractivity contribution in [1.29, 1.82) is 0 Å². The van der Waals surface area contributed by atoms with Gasteiger partial charge < -0.3 is 4.74 Å². The van der Waals surface area contributed by atoms with Gasteiger partial charge in [-0.15, -0.1) is 0 Å². The smallest absolute Gasteiger partial charge is 0.158 e. The molecular weight excluding hydrogens is 340 g/mol. The van der Waals surface area contributed by atoms with Crippen molar-refractivity contribution in [2.75, 3.05) is 6.26 Å². The second kappa shape index (κ2) is 6.62. The Kier molecular flexibility index (Phi) is 5.37. The van der Waals surface area contributed by atoms with Crippen LogP contribution in [0.1, 0.15) is 66.7 Å². The molecule has 0 aromatic carbocycles. The Morgan fingerprint density at radius 1 is 1.32 bits per heavy atom. The van der Waals surface area contributed by atoms with Gasteiger partial charge in [-0.1, -0.05) is 12.5 Å². The van der Waals surface area contributed by atoms with Crippen molar-refractivity contribution in [3.05, 3.63) is 11.1 Å². The van der Waals surface area contributed by atoms with Crippen LogP contribution >= 0.6 is 0 Å². The third-order valence-corrected chi connectivity index (χ3v) is 7.02. The van der Waals surface area contributed by atoms with E-state index in [9.17, 15) is 18.0 Å². The lowest BCUT2D eigenvalue weighted by atomic mass is 9.70. The molecule has 0 saturated heterocycles. The summed E-state index contributed by atoms with van der Waals surface area (Å²) in [6, 6.07) is 0. The van der Waals surface area contributed by atoms with Gasteiger partial charge in [-0.2, -0.15) is 0 Å². The van der Waals surface area contributed by atoms with Gasteiger partial charge in [0, 0.05) is 18.1 Å². The minimum absolute atomic E-state index is 0.000160. The van der Waals surface area contributed by atoms with Gasteiger partial charge in [0.05, 0.1) is 11.7 Å². The topological polar surface area (TPSA) is 77.5 Å². The zero-order chi connectivity index (χ0) is 19.2. The van der Waals surface area contributed by atoms with E-state index in [1.54, 1.807) is 0 Å². The first-order chi connectivity index (χ1) is 11.3. The number of rotatable bonds is 5. The Bertz CT molecular complexity index is 711. The predicted molar refractivity (Wildman–Crippen MR) is 97.2 cm³/mol. The zero-order valence-electron chi connectivity index (χ0n) is 16.1. The monoisotopic (exact) mass is 370 g/mol. The summed E-state index contributed by atoms with van der Waals surface area (Å²) in [6.07, 6.45) is 3.73. The summed E-state index contributed by atoms with van der Waals surface area (Å²) in [5, 5.41) is -1.14. The van der Waals surface area contributed by atoms with E-state index in [4.69, 9.17) is 4.74 Å². The number of Topliss-reactive ketones (excluding diaryl/α,β-unsaturated/α-hetero) is 2. The predicted octanol–water partition coefficient (Wildman–Crippen LogP) is 3.02. The molecule has 0 spiro atoms. The highest BCUT2D eigenvalue weighted by Gasteiger charge is 2.49. The summed E-state index contributed by atoms with van der Waals surface area (Å²) in [7, 11) is -3.54. The number of hydrogen-bond donors (Lipinski definition) is 0. The number of ketones is 2. The minimum Gasteiger partial charge on any atom is -0.372 e. The third kappa shape index (κ3) is 4.22.